The van der Waals surface area contributed by atoms with Crippen molar-refractivity contribution in [2.45, 2.75) is 70.5 Å². The van der Waals surface area contributed by atoms with Crippen molar-refractivity contribution in [3.63, 3.8) is 0 Å². The maximum Gasteiger partial charge on any atom is 0.328 e. The summed E-state index contributed by atoms with van der Waals surface area (Å²) in [7, 11) is 1.53. The Kier molecular flexibility index (Phi) is 19.4. The van der Waals surface area contributed by atoms with Crippen molar-refractivity contribution in [1.29, 1.82) is 0 Å². The number of halogens is 2. The zero-order valence-electron chi connectivity index (χ0n) is 34.5. The molecule has 0 aliphatic rings. The van der Waals surface area contributed by atoms with Gasteiger partial charge in [0.15, 0.2) is 28.8 Å². The van der Waals surface area contributed by atoms with E-state index in [2.05, 4.69) is 20.3 Å². The van der Waals surface area contributed by atoms with Gasteiger partial charge in [-0.25, -0.2) is 4.79 Å². The number of amides is 1. The summed E-state index contributed by atoms with van der Waals surface area (Å²) < 4.78 is 17.6. The molecule has 0 saturated carbocycles. The summed E-state index contributed by atoms with van der Waals surface area (Å²) in [6.07, 6.45) is -0.270. The summed E-state index contributed by atoms with van der Waals surface area (Å²) in [5.41, 5.74) is 13.4. The Hall–Kier alpha value is -5.54. The zero-order chi connectivity index (χ0) is 46.2. The lowest BCUT2D eigenvalue weighted by Crippen LogP contribution is -2.43. The van der Waals surface area contributed by atoms with Crippen molar-refractivity contribution in [2.75, 3.05) is 44.2 Å². The zero-order valence-corrected chi connectivity index (χ0v) is 36.9. The number of carboxylic acid groups (broad SMARTS) is 2. The number of carboxylic acids is 2. The minimum atomic E-state index is -1.28. The highest BCUT2D eigenvalue weighted by Crippen LogP contribution is 2.36. The number of anilines is 1. The molecule has 63 heavy (non-hydrogen) atoms. The second kappa shape index (κ2) is 24.3. The number of aliphatic carboxylic acids is 2. The molecule has 0 radical (unpaired) electrons. The van der Waals surface area contributed by atoms with Crippen molar-refractivity contribution in [1.82, 2.24) is 24.8 Å². The third-order valence-corrected chi connectivity index (χ3v) is 11.8. The van der Waals surface area contributed by atoms with Crippen molar-refractivity contribution >= 4 is 87.1 Å². The fourth-order valence-electron chi connectivity index (χ4n) is 6.02. The molecule has 0 aliphatic heterocycles. The van der Waals surface area contributed by atoms with Gasteiger partial charge in [0.2, 0.25) is 5.91 Å². The van der Waals surface area contributed by atoms with Crippen molar-refractivity contribution in [2.24, 2.45) is 11.7 Å². The number of nitrogens with one attached hydrogen (secondary N) is 2. The monoisotopic (exact) mass is 933 g/mol. The summed E-state index contributed by atoms with van der Waals surface area (Å²) in [6.45, 7) is 2.18. The number of nitrogens with two attached hydrogens (primary N) is 2. The van der Waals surface area contributed by atoms with E-state index in [0.717, 1.165) is 11.1 Å². The Balaban J connectivity index is 1.29. The van der Waals surface area contributed by atoms with Gasteiger partial charge >= 0.3 is 23.6 Å². The van der Waals surface area contributed by atoms with Gasteiger partial charge < -0.3 is 46.2 Å². The van der Waals surface area contributed by atoms with E-state index in [9.17, 15) is 33.6 Å². The third-order valence-electron chi connectivity index (χ3n) is 9.68. The number of aromatic amines is 1. The molecule has 8 N–H and O–H groups in total. The number of aromatic nitrogens is 4. The van der Waals surface area contributed by atoms with Crippen molar-refractivity contribution < 1.29 is 53.2 Å². The van der Waals surface area contributed by atoms with Crippen LogP contribution < -0.4 is 31.9 Å². The maximum atomic E-state index is 13.6. The lowest BCUT2D eigenvalue weighted by Gasteiger charge is -2.20. The van der Waals surface area contributed by atoms with E-state index < -0.39 is 53.7 Å². The van der Waals surface area contributed by atoms with E-state index in [1.165, 1.54) is 35.6 Å². The molecule has 2 heterocycles. The number of aryl methyl sites for hydroxylation is 1. The number of hydrogen-bond acceptors (Lipinski definition) is 15. The largest absolute Gasteiger partial charge is 0.484 e. The molecule has 22 heteroatoms. The third kappa shape index (κ3) is 14.8. The van der Waals surface area contributed by atoms with Gasteiger partial charge in [-0.2, -0.15) is 21.7 Å². The fourth-order valence-corrected chi connectivity index (χ4v) is 7.80. The van der Waals surface area contributed by atoms with Crippen molar-refractivity contribution in [3.8, 4) is 11.8 Å². The first-order valence-corrected chi connectivity index (χ1v) is 21.7. The van der Waals surface area contributed by atoms with Crippen LogP contribution in [0.5, 0.6) is 11.8 Å². The molecule has 3 atom stereocenters. The number of Topliss-reactive ketones (excluding diaryl/α,β-unsaturated/α-hetero) is 3. The van der Waals surface area contributed by atoms with E-state index >= 15 is 0 Å². The maximum absolute atomic E-state index is 13.6. The van der Waals surface area contributed by atoms with Gasteiger partial charge in [0.25, 0.3) is 0 Å². The van der Waals surface area contributed by atoms with Crippen LogP contribution in [0.2, 0.25) is 10.0 Å². The molecule has 2 aromatic heterocycles. The van der Waals surface area contributed by atoms with Gasteiger partial charge in [-0.15, -0.1) is 0 Å². The van der Waals surface area contributed by atoms with E-state index in [1.54, 1.807) is 6.92 Å². The average Bonchev–Trinajstić information content (AvgIpc) is 3.57. The molecule has 0 aliphatic carbocycles. The number of nitrogen functional groups attached to an aromatic ring is 1. The van der Waals surface area contributed by atoms with Gasteiger partial charge in [-0.1, -0.05) is 54.4 Å². The van der Waals surface area contributed by atoms with E-state index in [4.69, 9.17) is 59.1 Å². The average molecular weight is 935 g/mol. The molecule has 3 unspecified atom stereocenters. The number of carbonyl (C=O) groups excluding carboxylic acids is 4. The summed E-state index contributed by atoms with van der Waals surface area (Å²) in [5, 5.41) is 20.4. The van der Waals surface area contributed by atoms with Gasteiger partial charge in [-0.3, -0.25) is 33.3 Å². The molecule has 4 aromatic rings. The van der Waals surface area contributed by atoms with E-state index in [1.807, 2.05) is 24.3 Å². The van der Waals surface area contributed by atoms with Crippen LogP contribution in [0.25, 0.3) is 11.2 Å². The molecule has 0 bridgehead atoms. The smallest absolute Gasteiger partial charge is 0.328 e. The molecule has 1 amide bonds. The van der Waals surface area contributed by atoms with Crippen LogP contribution in [0.4, 0.5) is 5.82 Å². The highest BCUT2D eigenvalue weighted by Gasteiger charge is 2.27. The van der Waals surface area contributed by atoms with Crippen LogP contribution in [0.1, 0.15) is 66.9 Å². The van der Waals surface area contributed by atoms with Crippen LogP contribution in [-0.2, 0) is 41.7 Å². The molecule has 0 fully saturated rings. The summed E-state index contributed by atoms with van der Waals surface area (Å²) in [4.78, 5) is 97.7. The number of hydrogen-bond donors (Lipinski definition) is 6. The number of fused-ring (bicyclic) bond motifs is 1. The van der Waals surface area contributed by atoms with Gasteiger partial charge in [0.05, 0.1) is 30.6 Å². The predicted octanol–water partition coefficient (Wildman–Crippen LogP) is 3.72. The Bertz CT molecular complexity index is 2340. The molecular formula is C41H49Cl2N7O12S. The van der Waals surface area contributed by atoms with Crippen LogP contribution in [0.15, 0.2) is 41.2 Å². The number of methoxy groups -OCH3 is 1. The Morgan fingerprint density at radius 2 is 1.63 bits per heavy atom. The standard InChI is InChI=1S/C41H49Cl2N7O12S/c1-3-24(20-63-21-28(29(52)12-15-32(54)55)46-31(53)14-11-27(44)39(57)58)36(56)26-10-13-30(34(43)33(26)42)62-19-25(51)9-8-22-4-6-23(7-5-22)18-50-38-35(47-41(50)59)37(45)48-40(49-38)61-17-16-60-2/h4-7,10,13,24,27-28H,3,8-9,11-12,14-21,44H2,1-2H3,(H,46,53)(H,47,59)(H,54,55)(H,57,58)(H2,45,48,49). The first-order valence-electron chi connectivity index (χ1n) is 19.7. The summed E-state index contributed by atoms with van der Waals surface area (Å²) in [6, 6.07) is 7.94. The molecular weight excluding hydrogens is 885 g/mol. The lowest BCUT2D eigenvalue weighted by atomic mass is 9.97. The second-order valence-corrected chi connectivity index (χ2v) is 16.1. The van der Waals surface area contributed by atoms with Crippen LogP contribution >= 0.6 is 35.0 Å². The Morgan fingerprint density at radius 1 is 0.921 bits per heavy atom. The number of ether oxygens (including phenoxy) is 3. The number of H-pyrrole nitrogens is 1. The number of benzene rings is 2. The lowest BCUT2D eigenvalue weighted by molar-refractivity contribution is -0.139. The molecule has 4 rings (SSSR count). The first kappa shape index (κ1) is 50.1. The number of rotatable bonds is 28. The molecule has 19 nitrogen and oxygen atoms in total. The Labute approximate surface area is 375 Å². The van der Waals surface area contributed by atoms with E-state index in [0.29, 0.717) is 25.0 Å². The molecule has 340 valence electrons. The number of ketones is 3. The normalized spacial score (nSPS) is 12.7. The predicted molar refractivity (Wildman–Crippen MR) is 235 cm³/mol. The fraction of sp³-hybridized carbons (Fsp3) is 0.439. The van der Waals surface area contributed by atoms with E-state index in [-0.39, 0.29) is 107 Å². The van der Waals surface area contributed by atoms with Crippen LogP contribution in [-0.4, -0.2) is 115 Å². The SMILES string of the molecule is CCC(CSCC(NC(=O)CCC(N)C(=O)O)C(=O)CCC(=O)O)C(=O)c1ccc(OCC(=O)CCc2ccc(Cn3c(=O)[nH]c4c(N)nc(OCCOC)nc43)cc2)c(Cl)c1Cl. The summed E-state index contributed by atoms with van der Waals surface area (Å²) in [5.74, 6) is -4.36. The second-order valence-electron chi connectivity index (χ2n) is 14.3. The quantitative estimate of drug-likeness (QED) is 0.0349. The minimum absolute atomic E-state index is 0.0159. The van der Waals surface area contributed by atoms with Gasteiger partial charge in [-0.05, 0) is 42.5 Å². The molecule has 0 saturated heterocycles. The summed E-state index contributed by atoms with van der Waals surface area (Å²) >= 11 is 14.2. The van der Waals surface area contributed by atoms with Crippen molar-refractivity contribution in [3.05, 3.63) is 73.6 Å². The van der Waals surface area contributed by atoms with Gasteiger partial charge in [0, 0.05) is 49.4 Å². The minimum Gasteiger partial charge on any atom is -0.484 e. The number of nitrogens with zero attached hydrogens (tertiary/aromatic N) is 3. The first-order chi connectivity index (χ1) is 30.0. The number of carbonyl (C=O) groups is 6. The Morgan fingerprint density at radius 3 is 2.30 bits per heavy atom. The topological polar surface area (TPSA) is 298 Å². The highest BCUT2D eigenvalue weighted by atomic mass is 35.5. The van der Waals surface area contributed by atoms with Gasteiger partial charge in [0.1, 0.15) is 35.5 Å². The molecule has 0 spiro atoms. The number of thioether (sulfide) groups is 1. The number of imidazole rings is 1. The van der Waals surface area contributed by atoms with Crippen LogP contribution in [0.3, 0.4) is 0 Å². The highest BCUT2D eigenvalue weighted by molar-refractivity contribution is 7.99. The molecule has 2 aromatic carbocycles. The van der Waals surface area contributed by atoms with Crippen LogP contribution in [0, 0.1) is 5.92 Å².